The molecule has 2 N–H and O–H groups in total. The second-order valence-corrected chi connectivity index (χ2v) is 9.42. The summed E-state index contributed by atoms with van der Waals surface area (Å²) >= 11 is 1.77. The van der Waals surface area contributed by atoms with Crippen molar-refractivity contribution in [3.8, 4) is 0 Å². The van der Waals surface area contributed by atoms with Crippen LogP contribution in [0.15, 0.2) is 35.3 Å². The van der Waals surface area contributed by atoms with E-state index in [1.807, 2.05) is 18.5 Å². The number of halogens is 6. The van der Waals surface area contributed by atoms with E-state index in [1.54, 1.807) is 11.3 Å². The number of aromatic nitrogens is 1. The molecule has 1 atom stereocenters. The standard InChI is InChI=1S/C19H24N2O2S.2C2HF3O2/c1-15-2-5-20-9-17(15)11-22-18-3-6-23-19(8-18)13-21(14-19)10-16-4-7-24-12-16;2*3-2(4,5)1(6)7/h2,4-5,7,9,12,18H,3,6,8,10-11,13-14H2,1H3;2*(H,6,7). The van der Waals surface area contributed by atoms with Crippen molar-refractivity contribution < 1.29 is 55.6 Å². The quantitative estimate of drug-likeness (QED) is 0.498. The summed E-state index contributed by atoms with van der Waals surface area (Å²) in [6, 6.07) is 4.25. The molecule has 2 aromatic heterocycles. The Hall–Kier alpha value is -2.75. The van der Waals surface area contributed by atoms with Crippen LogP contribution in [0.25, 0.3) is 0 Å². The van der Waals surface area contributed by atoms with E-state index in [0.717, 1.165) is 39.1 Å². The summed E-state index contributed by atoms with van der Waals surface area (Å²) < 4.78 is 75.8. The van der Waals surface area contributed by atoms with Gasteiger partial charge in [0.25, 0.3) is 0 Å². The number of rotatable bonds is 5. The van der Waals surface area contributed by atoms with Gasteiger partial charge in [-0.15, -0.1) is 0 Å². The van der Waals surface area contributed by atoms with Crippen LogP contribution in [0.5, 0.6) is 0 Å². The highest BCUT2D eigenvalue weighted by molar-refractivity contribution is 7.07. The highest BCUT2D eigenvalue weighted by Gasteiger charge is 2.47. The van der Waals surface area contributed by atoms with Gasteiger partial charge in [0.05, 0.1) is 18.3 Å². The lowest BCUT2D eigenvalue weighted by atomic mass is 9.84. The lowest BCUT2D eigenvalue weighted by Gasteiger charge is -2.53. The summed E-state index contributed by atoms with van der Waals surface area (Å²) in [6.07, 6.45) is -4.13. The molecule has 2 aliphatic heterocycles. The van der Waals surface area contributed by atoms with Crippen LogP contribution in [0.3, 0.4) is 0 Å². The fraction of sp³-hybridized carbons (Fsp3) is 0.522. The molecule has 0 bridgehead atoms. The number of nitrogens with zero attached hydrogens (tertiary/aromatic N) is 2. The molecule has 0 radical (unpaired) electrons. The molecule has 38 heavy (non-hydrogen) atoms. The van der Waals surface area contributed by atoms with Crippen LogP contribution < -0.4 is 0 Å². The summed E-state index contributed by atoms with van der Waals surface area (Å²) in [5.41, 5.74) is 3.86. The van der Waals surface area contributed by atoms with Gasteiger partial charge >= 0.3 is 24.3 Å². The van der Waals surface area contributed by atoms with Gasteiger partial charge in [0.15, 0.2) is 0 Å². The first kappa shape index (κ1) is 31.5. The first-order valence-corrected chi connectivity index (χ1v) is 12.0. The molecule has 0 saturated carbocycles. The third kappa shape index (κ3) is 10.2. The molecule has 2 aliphatic rings. The number of carboxylic acids is 2. The average Bonchev–Trinajstić information content (AvgIpc) is 3.31. The number of aliphatic carboxylic acids is 2. The van der Waals surface area contributed by atoms with E-state index >= 15 is 0 Å². The van der Waals surface area contributed by atoms with Crippen molar-refractivity contribution in [2.75, 3.05) is 19.7 Å². The lowest BCUT2D eigenvalue weighted by molar-refractivity contribution is -0.200. The van der Waals surface area contributed by atoms with Crippen molar-refractivity contribution in [1.29, 1.82) is 0 Å². The fourth-order valence-electron chi connectivity index (χ4n) is 3.72. The summed E-state index contributed by atoms with van der Waals surface area (Å²) in [6.45, 7) is 6.65. The van der Waals surface area contributed by atoms with Crippen molar-refractivity contribution in [2.24, 2.45) is 0 Å². The van der Waals surface area contributed by atoms with E-state index in [9.17, 15) is 26.3 Å². The van der Waals surface area contributed by atoms with Crippen molar-refractivity contribution in [2.45, 2.75) is 57.0 Å². The number of likely N-dealkylation sites (tertiary alicyclic amines) is 1. The van der Waals surface area contributed by atoms with Gasteiger partial charge in [-0.25, -0.2) is 9.59 Å². The number of carbonyl (C=O) groups is 2. The monoisotopic (exact) mass is 572 g/mol. The zero-order valence-electron chi connectivity index (χ0n) is 20.1. The minimum atomic E-state index is -5.08. The third-order valence-electron chi connectivity index (χ3n) is 5.56. The molecule has 15 heteroatoms. The molecule has 0 aliphatic carbocycles. The Morgan fingerprint density at radius 3 is 2.26 bits per heavy atom. The number of thiophene rings is 1. The van der Waals surface area contributed by atoms with Gasteiger partial charge in [0.1, 0.15) is 0 Å². The molecule has 8 nitrogen and oxygen atoms in total. The summed E-state index contributed by atoms with van der Waals surface area (Å²) in [7, 11) is 0. The normalized spacial score (nSPS) is 18.9. The first-order valence-electron chi connectivity index (χ1n) is 11.1. The topological polar surface area (TPSA) is 109 Å². The predicted molar refractivity (Wildman–Crippen MR) is 122 cm³/mol. The zero-order valence-corrected chi connectivity index (χ0v) is 20.9. The van der Waals surface area contributed by atoms with Crippen LogP contribution in [0.2, 0.25) is 0 Å². The molecule has 2 aromatic rings. The van der Waals surface area contributed by atoms with Gasteiger partial charge in [-0.3, -0.25) is 9.88 Å². The van der Waals surface area contributed by atoms with Crippen LogP contribution in [0.1, 0.15) is 29.5 Å². The van der Waals surface area contributed by atoms with Crippen molar-refractivity contribution in [3.05, 3.63) is 52.0 Å². The Morgan fingerprint density at radius 2 is 1.76 bits per heavy atom. The maximum absolute atomic E-state index is 10.6. The van der Waals surface area contributed by atoms with Gasteiger partial charge < -0.3 is 19.7 Å². The summed E-state index contributed by atoms with van der Waals surface area (Å²) in [5, 5.41) is 18.6. The summed E-state index contributed by atoms with van der Waals surface area (Å²) in [5.74, 6) is -5.51. The number of pyridine rings is 1. The van der Waals surface area contributed by atoms with E-state index in [2.05, 4.69) is 33.6 Å². The molecule has 4 rings (SSSR count). The van der Waals surface area contributed by atoms with Crippen LogP contribution in [0, 0.1) is 6.92 Å². The minimum Gasteiger partial charge on any atom is -0.475 e. The molecule has 4 heterocycles. The number of hydrogen-bond acceptors (Lipinski definition) is 7. The van der Waals surface area contributed by atoms with Crippen LogP contribution in [0.4, 0.5) is 26.3 Å². The zero-order chi connectivity index (χ0) is 28.6. The second-order valence-electron chi connectivity index (χ2n) is 8.64. The molecule has 0 aromatic carbocycles. The van der Waals surface area contributed by atoms with Crippen molar-refractivity contribution in [3.63, 3.8) is 0 Å². The number of ether oxygens (including phenoxy) is 2. The number of hydrogen-bond donors (Lipinski definition) is 2. The number of aryl methyl sites for hydroxylation is 1. The van der Waals surface area contributed by atoms with E-state index in [4.69, 9.17) is 29.3 Å². The van der Waals surface area contributed by atoms with Crippen molar-refractivity contribution >= 4 is 23.3 Å². The maximum atomic E-state index is 10.6. The second kappa shape index (κ2) is 13.4. The van der Waals surface area contributed by atoms with Crippen LogP contribution in [-0.2, 0) is 32.2 Å². The largest absolute Gasteiger partial charge is 0.490 e. The van der Waals surface area contributed by atoms with Gasteiger partial charge in [-0.05, 0) is 52.9 Å². The molecule has 212 valence electrons. The van der Waals surface area contributed by atoms with Gasteiger partial charge in [-0.2, -0.15) is 37.7 Å². The van der Waals surface area contributed by atoms with Gasteiger partial charge in [0.2, 0.25) is 0 Å². The van der Waals surface area contributed by atoms with Crippen LogP contribution >= 0.6 is 11.3 Å². The first-order chi connectivity index (χ1) is 17.6. The molecular weight excluding hydrogens is 546 g/mol. The average molecular weight is 573 g/mol. The number of carboxylic acid groups (broad SMARTS) is 2. The molecule has 1 unspecified atom stereocenters. The Bertz CT molecular complexity index is 1020. The highest BCUT2D eigenvalue weighted by atomic mass is 32.1. The Kier molecular flexibility index (Phi) is 11.1. The summed E-state index contributed by atoms with van der Waals surface area (Å²) in [4.78, 5) is 24.5. The highest BCUT2D eigenvalue weighted by Crippen LogP contribution is 2.36. The lowest BCUT2D eigenvalue weighted by Crippen LogP contribution is -2.65. The molecular formula is C23H26F6N2O6S. The number of alkyl halides is 6. The SMILES string of the molecule is Cc1ccncc1COC1CCOC2(C1)CN(Cc1ccsc1)C2.O=C(O)C(F)(F)F.O=C(O)C(F)(F)F. The van der Waals surface area contributed by atoms with Crippen molar-refractivity contribution in [1.82, 2.24) is 9.88 Å². The Labute approximate surface area is 217 Å². The molecule has 2 fully saturated rings. The smallest absolute Gasteiger partial charge is 0.475 e. The molecule has 0 amide bonds. The predicted octanol–water partition coefficient (Wildman–Crippen LogP) is 4.67. The Balaban J connectivity index is 0.000000301. The maximum Gasteiger partial charge on any atom is 0.490 e. The van der Waals surface area contributed by atoms with E-state index in [0.29, 0.717) is 12.7 Å². The molecule has 2 saturated heterocycles. The molecule has 1 spiro atoms. The van der Waals surface area contributed by atoms with Gasteiger partial charge in [-0.1, -0.05) is 0 Å². The van der Waals surface area contributed by atoms with E-state index < -0.39 is 24.3 Å². The minimum absolute atomic E-state index is 0.0168. The fourth-order valence-corrected chi connectivity index (χ4v) is 4.38. The van der Waals surface area contributed by atoms with Gasteiger partial charge in [0, 0.05) is 45.1 Å². The third-order valence-corrected chi connectivity index (χ3v) is 6.30. The van der Waals surface area contributed by atoms with Crippen LogP contribution in [-0.4, -0.2) is 75.8 Å². The van der Waals surface area contributed by atoms with E-state index in [-0.39, 0.29) is 5.60 Å². The Morgan fingerprint density at radius 1 is 1.16 bits per heavy atom. The van der Waals surface area contributed by atoms with E-state index in [1.165, 1.54) is 16.7 Å².